The van der Waals surface area contributed by atoms with E-state index in [4.69, 9.17) is 19.4 Å². The highest BCUT2D eigenvalue weighted by Crippen LogP contribution is 2.42. The SMILES string of the molecule is CCn1c(-c2cccnc2[C@H](C)OC)c2c3cc(ccc31)-c1csc(n1)C[C@H](NC(=O)[C@H](C(C)C)N(C)C(=O)[C@H]1CCNC1)C(=O)N1CCC[C@H](N1)C(=O)OCC(C)(C)C2. The van der Waals surface area contributed by atoms with Crippen LogP contribution in [-0.4, -0.2) is 107 Å². The summed E-state index contributed by atoms with van der Waals surface area (Å²) in [6, 6.07) is 7.89. The lowest BCUT2D eigenvalue weighted by Gasteiger charge is -2.36. The van der Waals surface area contributed by atoms with Gasteiger partial charge in [0, 0.05) is 79.2 Å². The van der Waals surface area contributed by atoms with Crippen molar-refractivity contribution in [3.63, 3.8) is 0 Å². The van der Waals surface area contributed by atoms with E-state index >= 15 is 0 Å². The number of carbonyl (C=O) groups excluding carboxylic acids is 4. The summed E-state index contributed by atoms with van der Waals surface area (Å²) in [5, 5.41) is 11.5. The standard InChI is InChI=1S/C45H60N8O6S/c1-9-52-36-15-14-28-20-31(36)32(40(52)30-12-10-17-47-38(30)27(4)58-8)22-45(5,6)25-59-44(57)33-13-11-19-53(50-33)43(56)34(21-37-48-35(28)24-60-37)49-41(54)39(26(2)3)51(7)42(55)29-16-18-46-23-29/h10,12,14-15,17,20,24,26-27,29,33-34,39,46,50H,9,11,13,16,18-19,21-23,25H2,1-8H3,(H,49,54)/t27-,29-,33-,34-,39-/m0/s1. The number of ether oxygens (including phenoxy) is 2. The minimum absolute atomic E-state index is 0.0939. The Hall–Kier alpha value is -4.70. The molecule has 5 atom stereocenters. The van der Waals surface area contributed by atoms with E-state index in [0.717, 1.165) is 51.2 Å². The molecule has 322 valence electrons. The van der Waals surface area contributed by atoms with E-state index in [2.05, 4.69) is 65.7 Å². The Balaban J connectivity index is 1.30. The second-order valence-corrected chi connectivity index (χ2v) is 18.5. The molecule has 1 aromatic carbocycles. The summed E-state index contributed by atoms with van der Waals surface area (Å²) in [5.41, 5.74) is 9.41. The van der Waals surface area contributed by atoms with Crippen LogP contribution in [0.2, 0.25) is 0 Å². The van der Waals surface area contributed by atoms with Crippen LogP contribution in [0.25, 0.3) is 33.4 Å². The fourth-order valence-corrected chi connectivity index (χ4v) is 9.89. The number of methoxy groups -OCH3 is 1. The Kier molecular flexibility index (Phi) is 13.1. The Labute approximate surface area is 356 Å². The lowest BCUT2D eigenvalue weighted by molar-refractivity contribution is -0.155. The van der Waals surface area contributed by atoms with Crippen LogP contribution in [0.15, 0.2) is 41.9 Å². The van der Waals surface area contributed by atoms with Gasteiger partial charge >= 0.3 is 5.97 Å². The number of likely N-dealkylation sites (N-methyl/N-ethyl adjacent to an activating group) is 1. The molecule has 60 heavy (non-hydrogen) atoms. The van der Waals surface area contributed by atoms with Crippen molar-refractivity contribution < 1.29 is 28.7 Å². The first kappa shape index (κ1) is 43.4. The van der Waals surface area contributed by atoms with Crippen molar-refractivity contribution in [2.75, 3.05) is 40.4 Å². The minimum atomic E-state index is -1.02. The molecule has 3 aromatic heterocycles. The van der Waals surface area contributed by atoms with Crippen molar-refractivity contribution in [1.82, 2.24) is 40.5 Å². The third kappa shape index (κ3) is 8.86. The summed E-state index contributed by atoms with van der Waals surface area (Å²) in [6.07, 6.45) is 4.04. The summed E-state index contributed by atoms with van der Waals surface area (Å²) in [7, 11) is 3.36. The smallest absolute Gasteiger partial charge is 0.324 e. The van der Waals surface area contributed by atoms with Gasteiger partial charge in [-0.2, -0.15) is 0 Å². The number of nitrogens with one attached hydrogen (secondary N) is 3. The number of rotatable bonds is 9. The fraction of sp³-hybridized carbons (Fsp3) is 0.556. The van der Waals surface area contributed by atoms with Gasteiger partial charge in [0.1, 0.15) is 18.1 Å². The first-order chi connectivity index (χ1) is 28.7. The van der Waals surface area contributed by atoms with Crippen molar-refractivity contribution >= 4 is 45.9 Å². The maximum absolute atomic E-state index is 14.5. The van der Waals surface area contributed by atoms with E-state index in [9.17, 15) is 19.2 Å². The molecule has 0 aliphatic carbocycles. The molecule has 4 aromatic rings. The topological polar surface area (TPSA) is 160 Å². The van der Waals surface area contributed by atoms with Crippen molar-refractivity contribution in [2.24, 2.45) is 17.3 Å². The largest absolute Gasteiger partial charge is 0.464 e. The van der Waals surface area contributed by atoms with Crippen molar-refractivity contribution in [1.29, 1.82) is 0 Å². The number of aromatic nitrogens is 3. The molecule has 3 N–H and O–H groups in total. The minimum Gasteiger partial charge on any atom is -0.464 e. The van der Waals surface area contributed by atoms with Crippen LogP contribution in [0.3, 0.4) is 0 Å². The predicted molar refractivity (Wildman–Crippen MR) is 232 cm³/mol. The van der Waals surface area contributed by atoms with E-state index in [1.165, 1.54) is 21.2 Å². The Morgan fingerprint density at radius 2 is 1.97 bits per heavy atom. The Bertz CT molecular complexity index is 2230. The van der Waals surface area contributed by atoms with Gasteiger partial charge in [-0.15, -0.1) is 11.3 Å². The van der Waals surface area contributed by atoms with Crippen LogP contribution in [-0.2, 0) is 48.0 Å². The number of nitrogens with zero attached hydrogens (tertiary/aromatic N) is 5. The van der Waals surface area contributed by atoms with Gasteiger partial charge < -0.3 is 29.6 Å². The number of benzene rings is 1. The second-order valence-electron chi connectivity index (χ2n) is 17.6. The number of carbonyl (C=O) groups is 4. The molecule has 0 radical (unpaired) electrons. The number of hydrazine groups is 1. The molecule has 6 heterocycles. The number of fused-ring (bicyclic) bond motifs is 6. The number of esters is 1. The monoisotopic (exact) mass is 840 g/mol. The lowest BCUT2D eigenvalue weighted by Crippen LogP contribution is -2.62. The van der Waals surface area contributed by atoms with E-state index < -0.39 is 35.4 Å². The fourth-order valence-electron chi connectivity index (χ4n) is 9.04. The van der Waals surface area contributed by atoms with Crippen molar-refractivity contribution in [2.45, 2.75) is 104 Å². The van der Waals surface area contributed by atoms with Crippen LogP contribution in [0, 0.1) is 17.3 Å². The molecule has 14 nitrogen and oxygen atoms in total. The predicted octanol–water partition coefficient (Wildman–Crippen LogP) is 5.30. The zero-order valence-corrected chi connectivity index (χ0v) is 37.0. The second kappa shape index (κ2) is 18.1. The first-order valence-electron chi connectivity index (χ1n) is 21.3. The molecular formula is C45H60N8O6S. The van der Waals surface area contributed by atoms with E-state index in [0.29, 0.717) is 50.3 Å². The van der Waals surface area contributed by atoms with Gasteiger partial charge in [0.2, 0.25) is 11.8 Å². The summed E-state index contributed by atoms with van der Waals surface area (Å²) in [6.45, 7) is 14.7. The van der Waals surface area contributed by atoms with Gasteiger partial charge in [0.15, 0.2) is 0 Å². The number of aryl methyl sites for hydroxylation is 1. The third-order valence-corrected chi connectivity index (χ3v) is 13.1. The van der Waals surface area contributed by atoms with Gasteiger partial charge in [-0.25, -0.2) is 10.4 Å². The number of hydrogen-bond acceptors (Lipinski definition) is 11. The molecule has 0 spiro atoms. The highest BCUT2D eigenvalue weighted by molar-refractivity contribution is 7.10. The molecular weight excluding hydrogens is 781 g/mol. The molecule has 3 aliphatic heterocycles. The number of thiazole rings is 1. The van der Waals surface area contributed by atoms with Crippen LogP contribution in [0.1, 0.15) is 83.2 Å². The average molecular weight is 841 g/mol. The third-order valence-electron chi connectivity index (χ3n) is 12.2. The van der Waals surface area contributed by atoms with Crippen LogP contribution < -0.4 is 16.1 Å². The van der Waals surface area contributed by atoms with Crippen molar-refractivity contribution in [3.8, 4) is 22.5 Å². The van der Waals surface area contributed by atoms with Crippen LogP contribution in [0.5, 0.6) is 0 Å². The first-order valence-corrected chi connectivity index (χ1v) is 22.2. The van der Waals surface area contributed by atoms with Crippen molar-refractivity contribution in [3.05, 3.63) is 58.2 Å². The summed E-state index contributed by atoms with van der Waals surface area (Å²) in [4.78, 5) is 67.5. The summed E-state index contributed by atoms with van der Waals surface area (Å²) in [5.74, 6) is -1.75. The quantitative estimate of drug-likeness (QED) is 0.189. The molecule has 0 saturated carbocycles. The molecule has 3 aliphatic rings. The van der Waals surface area contributed by atoms with Gasteiger partial charge in [-0.1, -0.05) is 33.8 Å². The number of amides is 3. The van der Waals surface area contributed by atoms with E-state index in [1.54, 1.807) is 20.4 Å². The van der Waals surface area contributed by atoms with Gasteiger partial charge in [-0.05, 0) is 81.8 Å². The number of hydrogen-bond donors (Lipinski definition) is 3. The van der Waals surface area contributed by atoms with Crippen LogP contribution >= 0.6 is 11.3 Å². The molecule has 15 heteroatoms. The molecule has 6 bridgehead atoms. The molecule has 2 saturated heterocycles. The average Bonchev–Trinajstić information content (AvgIpc) is 4.01. The molecule has 2 fully saturated rings. The van der Waals surface area contributed by atoms with Gasteiger partial charge in [0.05, 0.1) is 40.7 Å². The molecule has 0 unspecified atom stereocenters. The molecule has 7 rings (SSSR count). The zero-order valence-electron chi connectivity index (χ0n) is 36.2. The number of cyclic esters (lactones) is 1. The normalized spacial score (nSPS) is 22.0. The Morgan fingerprint density at radius 3 is 2.68 bits per heavy atom. The maximum Gasteiger partial charge on any atom is 0.324 e. The highest BCUT2D eigenvalue weighted by atomic mass is 32.1. The van der Waals surface area contributed by atoms with E-state index in [1.807, 2.05) is 32.2 Å². The van der Waals surface area contributed by atoms with Gasteiger partial charge in [0.25, 0.3) is 5.91 Å². The van der Waals surface area contributed by atoms with Crippen LogP contribution in [0.4, 0.5) is 0 Å². The summed E-state index contributed by atoms with van der Waals surface area (Å²) < 4.78 is 14.2. The summed E-state index contributed by atoms with van der Waals surface area (Å²) >= 11 is 1.43. The highest BCUT2D eigenvalue weighted by Gasteiger charge is 2.39. The Morgan fingerprint density at radius 1 is 1.17 bits per heavy atom. The zero-order chi connectivity index (χ0) is 42.9. The maximum atomic E-state index is 14.5. The van der Waals surface area contributed by atoms with E-state index in [-0.39, 0.29) is 42.8 Å². The van der Waals surface area contributed by atoms with Gasteiger partial charge in [-0.3, -0.25) is 29.2 Å². The lowest BCUT2D eigenvalue weighted by atomic mass is 9.84. The number of pyridine rings is 1. The molecule has 3 amide bonds.